The predicted molar refractivity (Wildman–Crippen MR) is 55.4 cm³/mol. The SMILES string of the molecule is O=C1CNC(=S)N1Cc1cccnc1. The number of nitrogens with one attached hydrogen (secondary N) is 1. The van der Waals surface area contributed by atoms with Gasteiger partial charge in [-0.25, -0.2) is 0 Å². The lowest BCUT2D eigenvalue weighted by Gasteiger charge is -2.13. The van der Waals surface area contributed by atoms with Crippen molar-refractivity contribution in [1.82, 2.24) is 15.2 Å². The zero-order valence-corrected chi connectivity index (χ0v) is 8.25. The van der Waals surface area contributed by atoms with Crippen molar-refractivity contribution in [3.05, 3.63) is 30.1 Å². The third-order valence-electron chi connectivity index (χ3n) is 2.00. The lowest BCUT2D eigenvalue weighted by molar-refractivity contribution is -0.124. The van der Waals surface area contributed by atoms with Crippen molar-refractivity contribution in [3.63, 3.8) is 0 Å². The Balaban J connectivity index is 2.11. The highest BCUT2D eigenvalue weighted by molar-refractivity contribution is 7.80. The first kappa shape index (κ1) is 9.08. The molecule has 1 aliphatic rings. The van der Waals surface area contributed by atoms with Crippen molar-refractivity contribution in [2.75, 3.05) is 6.54 Å². The molecule has 1 N–H and O–H groups in total. The molecule has 1 fully saturated rings. The summed E-state index contributed by atoms with van der Waals surface area (Å²) >= 11 is 4.99. The normalized spacial score (nSPS) is 15.9. The van der Waals surface area contributed by atoms with Gasteiger partial charge in [-0.05, 0) is 23.8 Å². The average molecular weight is 207 g/mol. The fourth-order valence-corrected chi connectivity index (χ4v) is 1.53. The van der Waals surface area contributed by atoms with E-state index in [1.54, 1.807) is 17.3 Å². The van der Waals surface area contributed by atoms with Gasteiger partial charge in [-0.1, -0.05) is 6.07 Å². The smallest absolute Gasteiger partial charge is 0.248 e. The lowest BCUT2D eigenvalue weighted by atomic mass is 10.3. The lowest BCUT2D eigenvalue weighted by Crippen LogP contribution is -2.30. The number of amides is 1. The van der Waals surface area contributed by atoms with Gasteiger partial charge in [-0.2, -0.15) is 0 Å². The number of carbonyl (C=O) groups is 1. The van der Waals surface area contributed by atoms with Gasteiger partial charge in [0.15, 0.2) is 5.11 Å². The van der Waals surface area contributed by atoms with Crippen LogP contribution in [0.3, 0.4) is 0 Å². The summed E-state index contributed by atoms with van der Waals surface area (Å²) in [5.41, 5.74) is 0.979. The van der Waals surface area contributed by atoms with Crippen LogP contribution in [0, 0.1) is 0 Å². The van der Waals surface area contributed by atoms with Crippen molar-refractivity contribution in [1.29, 1.82) is 0 Å². The van der Waals surface area contributed by atoms with Gasteiger partial charge in [-0.3, -0.25) is 14.7 Å². The van der Waals surface area contributed by atoms with Crippen LogP contribution in [-0.2, 0) is 11.3 Å². The van der Waals surface area contributed by atoms with E-state index in [0.29, 0.717) is 18.2 Å². The molecule has 0 saturated carbocycles. The molecule has 5 heteroatoms. The second kappa shape index (κ2) is 3.71. The van der Waals surface area contributed by atoms with E-state index in [2.05, 4.69) is 10.3 Å². The Labute approximate surface area is 86.9 Å². The van der Waals surface area contributed by atoms with E-state index in [-0.39, 0.29) is 5.91 Å². The summed E-state index contributed by atoms with van der Waals surface area (Å²) < 4.78 is 0. The van der Waals surface area contributed by atoms with Gasteiger partial charge in [-0.15, -0.1) is 0 Å². The minimum Gasteiger partial charge on any atom is -0.353 e. The van der Waals surface area contributed by atoms with Crippen LogP contribution in [0.4, 0.5) is 0 Å². The van der Waals surface area contributed by atoms with E-state index >= 15 is 0 Å². The first-order valence-corrected chi connectivity index (χ1v) is 4.65. The Kier molecular flexibility index (Phi) is 2.41. The summed E-state index contributed by atoms with van der Waals surface area (Å²) in [7, 11) is 0. The van der Waals surface area contributed by atoms with Crippen molar-refractivity contribution >= 4 is 23.2 Å². The average Bonchev–Trinajstić information content (AvgIpc) is 2.51. The molecule has 0 spiro atoms. The summed E-state index contributed by atoms with van der Waals surface area (Å²) in [4.78, 5) is 16.9. The van der Waals surface area contributed by atoms with Crippen molar-refractivity contribution in [2.45, 2.75) is 6.54 Å². The largest absolute Gasteiger partial charge is 0.353 e. The Hall–Kier alpha value is -1.49. The summed E-state index contributed by atoms with van der Waals surface area (Å²) in [6.45, 7) is 0.803. The molecule has 0 atom stereocenters. The molecule has 2 heterocycles. The number of rotatable bonds is 2. The number of hydrogen-bond donors (Lipinski definition) is 1. The zero-order chi connectivity index (χ0) is 9.97. The van der Waals surface area contributed by atoms with Crippen molar-refractivity contribution < 1.29 is 4.79 Å². The van der Waals surface area contributed by atoms with Crippen LogP contribution in [0.1, 0.15) is 5.56 Å². The standard InChI is InChI=1S/C9H9N3OS/c13-8-5-11-9(14)12(8)6-7-2-1-3-10-4-7/h1-4H,5-6H2,(H,11,14). The Morgan fingerprint density at radius 1 is 1.64 bits per heavy atom. The van der Waals surface area contributed by atoms with Crippen molar-refractivity contribution in [2.24, 2.45) is 0 Å². The van der Waals surface area contributed by atoms with Gasteiger partial charge in [0.1, 0.15) is 0 Å². The second-order valence-electron chi connectivity index (χ2n) is 3.00. The molecule has 0 bridgehead atoms. The van der Waals surface area contributed by atoms with Crippen LogP contribution in [0.5, 0.6) is 0 Å². The van der Waals surface area contributed by atoms with Crippen LogP contribution in [0.2, 0.25) is 0 Å². The quantitative estimate of drug-likeness (QED) is 0.708. The maximum Gasteiger partial charge on any atom is 0.248 e. The third kappa shape index (κ3) is 1.72. The summed E-state index contributed by atoms with van der Waals surface area (Å²) in [5.74, 6) is 0.0128. The highest BCUT2D eigenvalue weighted by Crippen LogP contribution is 2.06. The maximum absolute atomic E-state index is 11.3. The molecular weight excluding hydrogens is 198 g/mol. The predicted octanol–water partition coefficient (Wildman–Crippen LogP) is 0.298. The molecule has 0 unspecified atom stereocenters. The molecule has 72 valence electrons. The summed E-state index contributed by atoms with van der Waals surface area (Å²) in [5, 5.41) is 3.33. The van der Waals surface area contributed by atoms with Crippen LogP contribution < -0.4 is 5.32 Å². The molecule has 1 amide bonds. The number of hydrogen-bond acceptors (Lipinski definition) is 3. The Morgan fingerprint density at radius 2 is 2.50 bits per heavy atom. The fourth-order valence-electron chi connectivity index (χ4n) is 1.29. The molecule has 0 aromatic carbocycles. The number of aromatic nitrogens is 1. The highest BCUT2D eigenvalue weighted by Gasteiger charge is 2.24. The first-order valence-electron chi connectivity index (χ1n) is 4.24. The highest BCUT2D eigenvalue weighted by atomic mass is 32.1. The van der Waals surface area contributed by atoms with Crippen LogP contribution in [0.25, 0.3) is 0 Å². The van der Waals surface area contributed by atoms with Gasteiger partial charge in [0.25, 0.3) is 0 Å². The number of nitrogens with zero attached hydrogens (tertiary/aromatic N) is 2. The molecular formula is C9H9N3OS. The topological polar surface area (TPSA) is 45.2 Å². The summed E-state index contributed by atoms with van der Waals surface area (Å²) in [6.07, 6.45) is 3.43. The van der Waals surface area contributed by atoms with Gasteiger partial charge in [0.2, 0.25) is 5.91 Å². The third-order valence-corrected chi connectivity index (χ3v) is 2.37. The molecule has 1 saturated heterocycles. The summed E-state index contributed by atoms with van der Waals surface area (Å²) in [6, 6.07) is 3.76. The molecule has 14 heavy (non-hydrogen) atoms. The minimum absolute atomic E-state index is 0.0128. The zero-order valence-electron chi connectivity index (χ0n) is 7.43. The molecule has 0 radical (unpaired) electrons. The molecule has 2 rings (SSSR count). The van der Waals surface area contributed by atoms with Crippen LogP contribution >= 0.6 is 12.2 Å². The van der Waals surface area contributed by atoms with Gasteiger partial charge >= 0.3 is 0 Å². The molecule has 4 nitrogen and oxygen atoms in total. The van der Waals surface area contributed by atoms with E-state index in [1.165, 1.54) is 0 Å². The first-order chi connectivity index (χ1) is 6.77. The van der Waals surface area contributed by atoms with E-state index < -0.39 is 0 Å². The van der Waals surface area contributed by atoms with E-state index in [9.17, 15) is 4.79 Å². The molecule has 0 aliphatic carbocycles. The Bertz CT molecular complexity index is 350. The monoisotopic (exact) mass is 207 g/mol. The second-order valence-corrected chi connectivity index (χ2v) is 3.39. The number of pyridine rings is 1. The number of carbonyl (C=O) groups excluding carboxylic acids is 1. The molecule has 1 aromatic heterocycles. The fraction of sp³-hybridized carbons (Fsp3) is 0.222. The Morgan fingerprint density at radius 3 is 3.07 bits per heavy atom. The minimum atomic E-state index is 0.0128. The molecule has 1 aliphatic heterocycles. The van der Waals surface area contributed by atoms with E-state index in [0.717, 1.165) is 5.56 Å². The van der Waals surface area contributed by atoms with Gasteiger partial charge in [0.05, 0.1) is 13.1 Å². The van der Waals surface area contributed by atoms with Gasteiger partial charge < -0.3 is 5.32 Å². The molecule has 1 aromatic rings. The van der Waals surface area contributed by atoms with Crippen LogP contribution in [0.15, 0.2) is 24.5 Å². The van der Waals surface area contributed by atoms with E-state index in [4.69, 9.17) is 12.2 Å². The van der Waals surface area contributed by atoms with Crippen LogP contribution in [-0.4, -0.2) is 27.4 Å². The van der Waals surface area contributed by atoms with E-state index in [1.807, 2.05) is 12.1 Å². The van der Waals surface area contributed by atoms with Crippen molar-refractivity contribution in [3.8, 4) is 0 Å². The maximum atomic E-state index is 11.3. The number of thiocarbonyl (C=S) groups is 1. The van der Waals surface area contributed by atoms with Gasteiger partial charge in [0, 0.05) is 12.4 Å².